The van der Waals surface area contributed by atoms with Crippen molar-refractivity contribution in [1.29, 1.82) is 0 Å². The normalized spacial score (nSPS) is 17.3. The van der Waals surface area contributed by atoms with E-state index in [1.54, 1.807) is 4.90 Å². The first-order chi connectivity index (χ1) is 7.94. The number of hydrogen-bond donors (Lipinski definition) is 1. The number of amides is 1. The molecule has 1 rings (SSSR count). The summed E-state index contributed by atoms with van der Waals surface area (Å²) in [4.78, 5) is 13.7. The van der Waals surface area contributed by atoms with E-state index >= 15 is 0 Å². The maximum atomic E-state index is 12.0. The van der Waals surface area contributed by atoms with Crippen molar-refractivity contribution < 1.29 is 13.2 Å². The molecule has 17 heavy (non-hydrogen) atoms. The highest BCUT2D eigenvalue weighted by molar-refractivity contribution is 7.91. The highest BCUT2D eigenvalue weighted by Gasteiger charge is 2.27. The number of carbonyl (C=O) groups is 1. The van der Waals surface area contributed by atoms with E-state index in [-0.39, 0.29) is 17.7 Å². The van der Waals surface area contributed by atoms with Crippen molar-refractivity contribution in [2.45, 2.75) is 38.1 Å². The van der Waals surface area contributed by atoms with Crippen LogP contribution in [0.2, 0.25) is 0 Å². The fourth-order valence-corrected chi connectivity index (χ4v) is 2.91. The smallest absolute Gasteiger partial charge is 0.238 e. The second-order valence-corrected chi connectivity index (χ2v) is 6.88. The maximum absolute atomic E-state index is 12.0. The summed E-state index contributed by atoms with van der Waals surface area (Å²) < 4.78 is 22.3. The zero-order chi connectivity index (χ0) is 12.9. The van der Waals surface area contributed by atoms with Crippen LogP contribution in [0.4, 0.5) is 0 Å². The van der Waals surface area contributed by atoms with Crippen LogP contribution in [0, 0.1) is 0 Å². The summed E-state index contributed by atoms with van der Waals surface area (Å²) in [5.74, 6) is -0.651. The SMILES string of the molecule is CS(=O)(=O)CC(=O)N(CCCN)C1CCCC1. The molecule has 100 valence electrons. The quantitative estimate of drug-likeness (QED) is 0.739. The largest absolute Gasteiger partial charge is 0.339 e. The first kappa shape index (κ1) is 14.4. The number of carbonyl (C=O) groups excluding carboxylic acids is 1. The number of sulfone groups is 1. The van der Waals surface area contributed by atoms with Crippen LogP contribution in [0.25, 0.3) is 0 Å². The van der Waals surface area contributed by atoms with Gasteiger partial charge in [0.2, 0.25) is 5.91 Å². The molecule has 0 aromatic rings. The number of nitrogens with zero attached hydrogens (tertiary/aromatic N) is 1. The molecule has 0 spiro atoms. The van der Waals surface area contributed by atoms with Gasteiger partial charge >= 0.3 is 0 Å². The van der Waals surface area contributed by atoms with Crippen LogP contribution in [0.1, 0.15) is 32.1 Å². The van der Waals surface area contributed by atoms with E-state index in [1.165, 1.54) is 0 Å². The molecular weight excluding hydrogens is 240 g/mol. The highest BCUT2D eigenvalue weighted by atomic mass is 32.2. The van der Waals surface area contributed by atoms with Gasteiger partial charge in [-0.1, -0.05) is 12.8 Å². The molecule has 0 heterocycles. The van der Waals surface area contributed by atoms with Crippen molar-refractivity contribution in [1.82, 2.24) is 4.90 Å². The lowest BCUT2D eigenvalue weighted by molar-refractivity contribution is -0.130. The summed E-state index contributed by atoms with van der Waals surface area (Å²) in [6.07, 6.45) is 6.04. The highest BCUT2D eigenvalue weighted by Crippen LogP contribution is 2.23. The Balaban J connectivity index is 2.64. The van der Waals surface area contributed by atoms with E-state index in [9.17, 15) is 13.2 Å². The molecule has 0 bridgehead atoms. The Labute approximate surface area is 103 Å². The van der Waals surface area contributed by atoms with Gasteiger partial charge in [0.25, 0.3) is 0 Å². The Hall–Kier alpha value is -0.620. The van der Waals surface area contributed by atoms with Crippen molar-refractivity contribution in [3.8, 4) is 0 Å². The third-order valence-corrected chi connectivity index (χ3v) is 3.85. The molecule has 0 aliphatic heterocycles. The minimum atomic E-state index is -3.25. The van der Waals surface area contributed by atoms with Crippen LogP contribution in [-0.2, 0) is 14.6 Å². The van der Waals surface area contributed by atoms with Gasteiger partial charge in [0.1, 0.15) is 5.75 Å². The lowest BCUT2D eigenvalue weighted by Crippen LogP contribution is -2.43. The average Bonchev–Trinajstić information content (AvgIpc) is 2.68. The molecule has 1 amide bonds. The van der Waals surface area contributed by atoms with Gasteiger partial charge in [-0.25, -0.2) is 8.42 Å². The zero-order valence-electron chi connectivity index (χ0n) is 10.4. The molecular formula is C11H22N2O3S. The predicted octanol–water partition coefficient (Wildman–Crippen LogP) is 0.151. The number of rotatable bonds is 6. The summed E-state index contributed by atoms with van der Waals surface area (Å²) in [6.45, 7) is 1.10. The molecule has 1 saturated carbocycles. The van der Waals surface area contributed by atoms with E-state index < -0.39 is 9.84 Å². The van der Waals surface area contributed by atoms with E-state index in [0.29, 0.717) is 13.1 Å². The monoisotopic (exact) mass is 262 g/mol. The Kier molecular flexibility index (Phi) is 5.39. The van der Waals surface area contributed by atoms with Gasteiger partial charge in [0.15, 0.2) is 9.84 Å². The van der Waals surface area contributed by atoms with Gasteiger partial charge in [-0.2, -0.15) is 0 Å². The van der Waals surface area contributed by atoms with Crippen LogP contribution < -0.4 is 5.73 Å². The fraction of sp³-hybridized carbons (Fsp3) is 0.909. The molecule has 1 aliphatic carbocycles. The van der Waals surface area contributed by atoms with Crippen LogP contribution >= 0.6 is 0 Å². The standard InChI is InChI=1S/C11H22N2O3S/c1-17(15,16)9-11(14)13(8-4-7-12)10-5-2-3-6-10/h10H,2-9,12H2,1H3. The van der Waals surface area contributed by atoms with Gasteiger partial charge in [-0.15, -0.1) is 0 Å². The van der Waals surface area contributed by atoms with Crippen LogP contribution in [0.15, 0.2) is 0 Å². The van der Waals surface area contributed by atoms with Gasteiger partial charge < -0.3 is 10.6 Å². The van der Waals surface area contributed by atoms with Crippen molar-refractivity contribution in [3.05, 3.63) is 0 Å². The summed E-state index contributed by atoms with van der Waals surface area (Å²) in [6, 6.07) is 0.218. The molecule has 1 fully saturated rings. The second kappa shape index (κ2) is 6.35. The molecule has 2 N–H and O–H groups in total. The Morgan fingerprint density at radius 3 is 2.41 bits per heavy atom. The van der Waals surface area contributed by atoms with Crippen LogP contribution in [0.3, 0.4) is 0 Å². The number of hydrogen-bond acceptors (Lipinski definition) is 4. The van der Waals surface area contributed by atoms with Gasteiger partial charge in [0.05, 0.1) is 0 Å². The Morgan fingerprint density at radius 1 is 1.35 bits per heavy atom. The minimum absolute atomic E-state index is 0.218. The molecule has 0 radical (unpaired) electrons. The topological polar surface area (TPSA) is 80.5 Å². The maximum Gasteiger partial charge on any atom is 0.238 e. The van der Waals surface area contributed by atoms with Crippen LogP contribution in [-0.4, -0.2) is 50.4 Å². The zero-order valence-corrected chi connectivity index (χ0v) is 11.2. The molecule has 6 heteroatoms. The Bertz CT molecular complexity index is 348. The third kappa shape index (κ3) is 5.04. The molecule has 0 saturated heterocycles. The van der Waals surface area contributed by atoms with Crippen molar-refractivity contribution >= 4 is 15.7 Å². The average molecular weight is 262 g/mol. The molecule has 0 atom stereocenters. The predicted molar refractivity (Wildman–Crippen MR) is 67.4 cm³/mol. The molecule has 0 aromatic heterocycles. The molecule has 0 aromatic carbocycles. The minimum Gasteiger partial charge on any atom is -0.339 e. The Morgan fingerprint density at radius 2 is 1.94 bits per heavy atom. The first-order valence-electron chi connectivity index (χ1n) is 6.11. The summed E-state index contributed by atoms with van der Waals surface area (Å²) in [5.41, 5.74) is 5.45. The summed E-state index contributed by atoms with van der Waals surface area (Å²) >= 11 is 0. The van der Waals surface area contributed by atoms with Crippen LogP contribution in [0.5, 0.6) is 0 Å². The van der Waals surface area contributed by atoms with E-state index in [2.05, 4.69) is 0 Å². The molecule has 0 unspecified atom stereocenters. The lowest BCUT2D eigenvalue weighted by Gasteiger charge is -2.28. The third-order valence-electron chi connectivity index (χ3n) is 3.07. The molecule has 1 aliphatic rings. The summed E-state index contributed by atoms with van der Waals surface area (Å²) in [5, 5.41) is 0. The lowest BCUT2D eigenvalue weighted by atomic mass is 10.2. The van der Waals surface area contributed by atoms with Crippen molar-refractivity contribution in [2.75, 3.05) is 25.1 Å². The van der Waals surface area contributed by atoms with Gasteiger partial charge in [0, 0.05) is 18.8 Å². The summed E-state index contributed by atoms with van der Waals surface area (Å²) in [7, 11) is -3.25. The van der Waals surface area contributed by atoms with Gasteiger partial charge in [-0.3, -0.25) is 4.79 Å². The molecule has 5 nitrogen and oxygen atoms in total. The van der Waals surface area contributed by atoms with Crippen molar-refractivity contribution in [2.24, 2.45) is 5.73 Å². The van der Waals surface area contributed by atoms with Crippen molar-refractivity contribution in [3.63, 3.8) is 0 Å². The van der Waals surface area contributed by atoms with Gasteiger partial charge in [-0.05, 0) is 25.8 Å². The van der Waals surface area contributed by atoms with E-state index in [1.807, 2.05) is 0 Å². The fourth-order valence-electron chi connectivity index (χ4n) is 2.30. The second-order valence-electron chi connectivity index (χ2n) is 4.74. The first-order valence-corrected chi connectivity index (χ1v) is 8.17. The van der Waals surface area contributed by atoms with E-state index in [0.717, 1.165) is 38.4 Å². The number of nitrogens with two attached hydrogens (primary N) is 1. The van der Waals surface area contributed by atoms with E-state index in [4.69, 9.17) is 5.73 Å².